The van der Waals surface area contributed by atoms with Crippen molar-refractivity contribution in [3.05, 3.63) is 75.4 Å². The van der Waals surface area contributed by atoms with Gasteiger partial charge in [-0.3, -0.25) is 14.4 Å². The lowest BCUT2D eigenvalue weighted by Crippen LogP contribution is -2.32. The number of benzene rings is 3. The summed E-state index contributed by atoms with van der Waals surface area (Å²) in [6.07, 6.45) is 1.36. The Kier molecular flexibility index (Phi) is 10.5. The molecule has 198 valence electrons. The monoisotopic (exact) mass is 630 g/mol. The number of carbonyl (C=O) groups excluding carboxylic acids is 3. The summed E-state index contributed by atoms with van der Waals surface area (Å²) in [5.41, 5.74) is 4.80. The SMILES string of the molecule is CCOc1ccccc1NC(=O)C(=O)N/N=C\c1cc(I)c(OCC(=O)Nc2ccccc2C)c(OC)c1. The lowest BCUT2D eigenvalue weighted by Gasteiger charge is -2.14. The number of hydrogen-bond donors (Lipinski definition) is 3. The van der Waals surface area contributed by atoms with Crippen molar-refractivity contribution >= 4 is 57.9 Å². The molecule has 0 radical (unpaired) electrons. The van der Waals surface area contributed by atoms with E-state index in [0.717, 1.165) is 5.56 Å². The van der Waals surface area contributed by atoms with E-state index in [0.29, 0.717) is 44.4 Å². The molecule has 3 aromatic carbocycles. The van der Waals surface area contributed by atoms with Crippen LogP contribution in [-0.4, -0.2) is 44.3 Å². The van der Waals surface area contributed by atoms with Crippen LogP contribution in [0, 0.1) is 10.5 Å². The molecule has 0 aliphatic heterocycles. The van der Waals surface area contributed by atoms with Gasteiger partial charge >= 0.3 is 11.8 Å². The van der Waals surface area contributed by atoms with Crippen LogP contribution in [0.3, 0.4) is 0 Å². The van der Waals surface area contributed by atoms with Gasteiger partial charge in [0, 0.05) is 5.69 Å². The van der Waals surface area contributed by atoms with Crippen molar-refractivity contribution in [2.24, 2.45) is 5.10 Å². The molecule has 0 saturated carbocycles. The van der Waals surface area contributed by atoms with Crippen LogP contribution in [0.1, 0.15) is 18.1 Å². The van der Waals surface area contributed by atoms with E-state index < -0.39 is 11.8 Å². The number of halogens is 1. The normalized spacial score (nSPS) is 10.5. The summed E-state index contributed by atoms with van der Waals surface area (Å²) in [4.78, 5) is 36.8. The summed E-state index contributed by atoms with van der Waals surface area (Å²) in [7, 11) is 1.47. The van der Waals surface area contributed by atoms with Gasteiger partial charge in [0.25, 0.3) is 5.91 Å². The standard InChI is InChI=1S/C27H27IN4O6/c1-4-37-22-12-8-7-11-21(22)31-26(34)27(35)32-29-15-18-13-19(28)25(23(14-18)36-3)38-16-24(33)30-20-10-6-5-9-17(20)2/h5-15H,4,16H2,1-3H3,(H,30,33)(H,31,34)(H,32,35)/b29-15-. The molecule has 0 fully saturated rings. The first-order valence-corrected chi connectivity index (χ1v) is 12.6. The molecule has 0 aliphatic rings. The number of amides is 3. The van der Waals surface area contributed by atoms with Crippen LogP contribution in [0.5, 0.6) is 17.2 Å². The predicted molar refractivity (Wildman–Crippen MR) is 153 cm³/mol. The number of ether oxygens (including phenoxy) is 3. The molecule has 0 spiro atoms. The zero-order valence-corrected chi connectivity index (χ0v) is 23.2. The van der Waals surface area contributed by atoms with Crippen LogP contribution in [0.15, 0.2) is 65.8 Å². The summed E-state index contributed by atoms with van der Waals surface area (Å²) in [6.45, 7) is 3.92. The summed E-state index contributed by atoms with van der Waals surface area (Å²) >= 11 is 2.05. The molecule has 3 N–H and O–H groups in total. The van der Waals surface area contributed by atoms with Gasteiger partial charge in [0.1, 0.15) is 5.75 Å². The highest BCUT2D eigenvalue weighted by atomic mass is 127. The van der Waals surface area contributed by atoms with Crippen LogP contribution in [0.2, 0.25) is 0 Å². The van der Waals surface area contributed by atoms with Crippen molar-refractivity contribution in [2.45, 2.75) is 13.8 Å². The first-order chi connectivity index (χ1) is 18.3. The lowest BCUT2D eigenvalue weighted by molar-refractivity contribution is -0.136. The predicted octanol–water partition coefficient (Wildman–Crippen LogP) is 4.11. The molecule has 3 rings (SSSR count). The molecule has 10 nitrogen and oxygen atoms in total. The van der Waals surface area contributed by atoms with Crippen molar-refractivity contribution < 1.29 is 28.6 Å². The number of para-hydroxylation sites is 3. The number of carbonyl (C=O) groups is 3. The third-order valence-corrected chi connectivity index (χ3v) is 5.84. The van der Waals surface area contributed by atoms with Crippen molar-refractivity contribution in [1.29, 1.82) is 0 Å². The molecule has 0 unspecified atom stereocenters. The highest BCUT2D eigenvalue weighted by Gasteiger charge is 2.16. The summed E-state index contributed by atoms with van der Waals surface area (Å²) in [5.74, 6) is -0.938. The van der Waals surface area contributed by atoms with E-state index in [1.807, 2.05) is 60.7 Å². The summed E-state index contributed by atoms with van der Waals surface area (Å²) in [5, 5.41) is 9.17. The fraction of sp³-hybridized carbons (Fsp3) is 0.185. The zero-order valence-electron chi connectivity index (χ0n) is 21.0. The molecular formula is C27H27IN4O6. The Labute approximate surface area is 233 Å². The van der Waals surface area contributed by atoms with Gasteiger partial charge in [-0.05, 0) is 77.9 Å². The molecule has 38 heavy (non-hydrogen) atoms. The fourth-order valence-electron chi connectivity index (χ4n) is 3.24. The van der Waals surface area contributed by atoms with Crippen LogP contribution in [0.25, 0.3) is 0 Å². The van der Waals surface area contributed by atoms with E-state index >= 15 is 0 Å². The van der Waals surface area contributed by atoms with E-state index in [1.165, 1.54) is 13.3 Å². The van der Waals surface area contributed by atoms with Gasteiger partial charge in [-0.1, -0.05) is 30.3 Å². The number of anilines is 2. The average molecular weight is 630 g/mol. The number of hydrogen-bond acceptors (Lipinski definition) is 7. The van der Waals surface area contributed by atoms with Crippen LogP contribution >= 0.6 is 22.6 Å². The fourth-order valence-corrected chi connectivity index (χ4v) is 4.02. The van der Waals surface area contributed by atoms with Gasteiger partial charge in [-0.25, -0.2) is 5.43 Å². The number of nitrogens with zero attached hydrogens (tertiary/aromatic N) is 1. The molecular weight excluding hydrogens is 603 g/mol. The Bertz CT molecular complexity index is 1340. The third kappa shape index (κ3) is 7.93. The molecule has 0 heterocycles. The van der Waals surface area contributed by atoms with Gasteiger partial charge in [0.05, 0.1) is 29.2 Å². The summed E-state index contributed by atoms with van der Waals surface area (Å²) < 4.78 is 17.2. The maximum Gasteiger partial charge on any atom is 0.329 e. The Morgan fingerprint density at radius 2 is 1.63 bits per heavy atom. The third-order valence-electron chi connectivity index (χ3n) is 5.04. The Morgan fingerprint density at radius 3 is 2.34 bits per heavy atom. The van der Waals surface area contributed by atoms with E-state index in [4.69, 9.17) is 14.2 Å². The Morgan fingerprint density at radius 1 is 0.921 bits per heavy atom. The molecule has 0 atom stereocenters. The topological polar surface area (TPSA) is 127 Å². The van der Waals surface area contributed by atoms with Crippen molar-refractivity contribution in [3.8, 4) is 17.2 Å². The molecule has 0 aliphatic carbocycles. The van der Waals surface area contributed by atoms with E-state index in [-0.39, 0.29) is 12.5 Å². The van der Waals surface area contributed by atoms with E-state index in [2.05, 4.69) is 21.2 Å². The van der Waals surface area contributed by atoms with Crippen LogP contribution < -0.4 is 30.3 Å². The maximum atomic E-state index is 12.4. The highest BCUT2D eigenvalue weighted by molar-refractivity contribution is 14.1. The minimum atomic E-state index is -0.950. The van der Waals surface area contributed by atoms with Crippen molar-refractivity contribution in [3.63, 3.8) is 0 Å². The minimum absolute atomic E-state index is 0.217. The molecule has 3 amide bonds. The van der Waals surface area contributed by atoms with Gasteiger partial charge in [0.15, 0.2) is 18.1 Å². The van der Waals surface area contributed by atoms with E-state index in [9.17, 15) is 14.4 Å². The molecule has 0 aromatic heterocycles. The molecule has 11 heteroatoms. The zero-order chi connectivity index (χ0) is 27.5. The molecule has 0 bridgehead atoms. The Balaban J connectivity index is 1.59. The van der Waals surface area contributed by atoms with Crippen LogP contribution in [-0.2, 0) is 14.4 Å². The van der Waals surface area contributed by atoms with Gasteiger partial charge < -0.3 is 24.8 Å². The first kappa shape index (κ1) is 28.4. The number of methoxy groups -OCH3 is 1. The van der Waals surface area contributed by atoms with E-state index in [1.54, 1.807) is 36.4 Å². The second-order valence-corrected chi connectivity index (χ2v) is 8.93. The second-order valence-electron chi connectivity index (χ2n) is 7.77. The summed E-state index contributed by atoms with van der Waals surface area (Å²) in [6, 6.07) is 17.6. The second kappa shape index (κ2) is 14.0. The smallest absolute Gasteiger partial charge is 0.329 e. The average Bonchev–Trinajstić information content (AvgIpc) is 2.90. The first-order valence-electron chi connectivity index (χ1n) is 11.5. The molecule has 3 aromatic rings. The van der Waals surface area contributed by atoms with Crippen LogP contribution in [0.4, 0.5) is 11.4 Å². The number of nitrogens with one attached hydrogen (secondary N) is 3. The molecule has 0 saturated heterocycles. The van der Waals surface area contributed by atoms with Gasteiger partial charge in [-0.2, -0.15) is 5.10 Å². The quantitative estimate of drug-likeness (QED) is 0.134. The highest BCUT2D eigenvalue weighted by Crippen LogP contribution is 2.33. The largest absolute Gasteiger partial charge is 0.493 e. The van der Waals surface area contributed by atoms with Gasteiger partial charge in [-0.15, -0.1) is 0 Å². The number of hydrazone groups is 1. The minimum Gasteiger partial charge on any atom is -0.493 e. The number of aryl methyl sites for hydroxylation is 1. The maximum absolute atomic E-state index is 12.4. The van der Waals surface area contributed by atoms with Crippen molar-refractivity contribution in [1.82, 2.24) is 5.43 Å². The van der Waals surface area contributed by atoms with Gasteiger partial charge in [0.2, 0.25) is 0 Å². The van der Waals surface area contributed by atoms with Crippen molar-refractivity contribution in [2.75, 3.05) is 31.0 Å². The number of rotatable bonds is 10. The Hall–Kier alpha value is -4.13. The lowest BCUT2D eigenvalue weighted by atomic mass is 10.2.